The van der Waals surface area contributed by atoms with Crippen LogP contribution in [-0.2, 0) is 0 Å². The largest absolute Gasteiger partial charge is 0.338 e. The summed E-state index contributed by atoms with van der Waals surface area (Å²) in [7, 11) is 0. The standard InChI is InChI=1S/C12H15BrN2O/c1-9-3-2-6-15(8-9)12(16)10-4-5-14-7-11(10)13/h4-5,7,9H,2-3,6,8H2,1H3. The Hall–Kier alpha value is -0.900. The predicted octanol–water partition coefficient (Wildman–Crippen LogP) is 2.72. The first-order chi connectivity index (χ1) is 7.68. The number of nitrogens with zero attached hydrogens (tertiary/aromatic N) is 2. The third kappa shape index (κ3) is 2.43. The molecule has 16 heavy (non-hydrogen) atoms. The first kappa shape index (κ1) is 11.6. The molecule has 1 unspecified atom stereocenters. The van der Waals surface area contributed by atoms with Crippen LogP contribution in [0.15, 0.2) is 22.9 Å². The minimum atomic E-state index is 0.112. The fraction of sp³-hybridized carbons (Fsp3) is 0.500. The van der Waals surface area contributed by atoms with E-state index in [0.29, 0.717) is 11.5 Å². The summed E-state index contributed by atoms with van der Waals surface area (Å²) in [5.74, 6) is 0.721. The van der Waals surface area contributed by atoms with Crippen molar-refractivity contribution in [3.8, 4) is 0 Å². The highest BCUT2D eigenvalue weighted by Crippen LogP contribution is 2.21. The molecule has 1 fully saturated rings. The smallest absolute Gasteiger partial charge is 0.255 e. The fourth-order valence-electron chi connectivity index (χ4n) is 2.09. The number of carbonyl (C=O) groups excluding carboxylic acids is 1. The number of piperidine rings is 1. The lowest BCUT2D eigenvalue weighted by Gasteiger charge is -2.31. The van der Waals surface area contributed by atoms with E-state index in [4.69, 9.17) is 0 Å². The number of pyridine rings is 1. The van der Waals surface area contributed by atoms with Gasteiger partial charge in [0.2, 0.25) is 0 Å². The molecule has 1 amide bonds. The first-order valence-electron chi connectivity index (χ1n) is 5.57. The second kappa shape index (κ2) is 4.95. The van der Waals surface area contributed by atoms with Crippen LogP contribution < -0.4 is 0 Å². The second-order valence-electron chi connectivity index (χ2n) is 4.35. The third-order valence-electron chi connectivity index (χ3n) is 2.95. The van der Waals surface area contributed by atoms with Gasteiger partial charge in [-0.3, -0.25) is 9.78 Å². The molecule has 0 aromatic carbocycles. The summed E-state index contributed by atoms with van der Waals surface area (Å²) in [6.07, 6.45) is 5.66. The van der Waals surface area contributed by atoms with Crippen molar-refractivity contribution in [3.05, 3.63) is 28.5 Å². The normalized spacial score (nSPS) is 20.9. The van der Waals surface area contributed by atoms with Crippen molar-refractivity contribution in [3.63, 3.8) is 0 Å². The van der Waals surface area contributed by atoms with E-state index in [1.807, 2.05) is 4.90 Å². The lowest BCUT2D eigenvalue weighted by atomic mass is 10.00. The molecule has 1 aliphatic rings. The van der Waals surface area contributed by atoms with Crippen LogP contribution in [0.2, 0.25) is 0 Å². The van der Waals surface area contributed by atoms with Crippen molar-refractivity contribution < 1.29 is 4.79 Å². The van der Waals surface area contributed by atoms with E-state index in [1.165, 1.54) is 6.42 Å². The Kier molecular flexibility index (Phi) is 3.59. The number of rotatable bonds is 1. The van der Waals surface area contributed by atoms with Gasteiger partial charge >= 0.3 is 0 Å². The SMILES string of the molecule is CC1CCCN(C(=O)c2ccncc2Br)C1. The van der Waals surface area contributed by atoms with E-state index in [9.17, 15) is 4.79 Å². The molecule has 0 aliphatic carbocycles. The lowest BCUT2D eigenvalue weighted by molar-refractivity contribution is 0.0682. The maximum Gasteiger partial charge on any atom is 0.255 e. The predicted molar refractivity (Wildman–Crippen MR) is 66.2 cm³/mol. The summed E-state index contributed by atoms with van der Waals surface area (Å²) in [6, 6.07) is 1.77. The molecule has 2 heterocycles. The van der Waals surface area contributed by atoms with Crippen molar-refractivity contribution in [2.24, 2.45) is 5.92 Å². The van der Waals surface area contributed by atoms with Crippen molar-refractivity contribution in [2.45, 2.75) is 19.8 Å². The topological polar surface area (TPSA) is 33.2 Å². The molecular weight excluding hydrogens is 268 g/mol. The second-order valence-corrected chi connectivity index (χ2v) is 5.21. The van der Waals surface area contributed by atoms with Crippen LogP contribution in [0.25, 0.3) is 0 Å². The highest BCUT2D eigenvalue weighted by atomic mass is 79.9. The number of amides is 1. The number of hydrogen-bond donors (Lipinski definition) is 0. The van der Waals surface area contributed by atoms with Crippen molar-refractivity contribution in [2.75, 3.05) is 13.1 Å². The van der Waals surface area contributed by atoms with Gasteiger partial charge in [-0.05, 0) is 40.8 Å². The Morgan fingerprint density at radius 1 is 1.62 bits per heavy atom. The quantitative estimate of drug-likeness (QED) is 0.794. The van der Waals surface area contributed by atoms with Crippen LogP contribution in [0, 0.1) is 5.92 Å². The van der Waals surface area contributed by atoms with E-state index >= 15 is 0 Å². The Morgan fingerprint density at radius 2 is 2.44 bits per heavy atom. The van der Waals surface area contributed by atoms with Gasteiger partial charge in [-0.2, -0.15) is 0 Å². The highest BCUT2D eigenvalue weighted by Gasteiger charge is 2.23. The molecule has 2 rings (SSSR count). The Bertz CT molecular complexity index is 394. The Balaban J connectivity index is 2.16. The molecule has 0 bridgehead atoms. The zero-order chi connectivity index (χ0) is 11.5. The van der Waals surface area contributed by atoms with Gasteiger partial charge in [0.1, 0.15) is 0 Å². The Morgan fingerprint density at radius 3 is 3.12 bits per heavy atom. The monoisotopic (exact) mass is 282 g/mol. The van der Waals surface area contributed by atoms with Crippen LogP contribution in [0.4, 0.5) is 0 Å². The average molecular weight is 283 g/mol. The molecule has 4 heteroatoms. The molecule has 3 nitrogen and oxygen atoms in total. The summed E-state index contributed by atoms with van der Waals surface area (Å²) < 4.78 is 0.776. The molecule has 1 aromatic rings. The maximum atomic E-state index is 12.2. The van der Waals surface area contributed by atoms with Gasteiger partial charge in [-0.1, -0.05) is 6.92 Å². The van der Waals surface area contributed by atoms with Crippen LogP contribution in [0.1, 0.15) is 30.1 Å². The van der Waals surface area contributed by atoms with Crippen LogP contribution >= 0.6 is 15.9 Å². The van der Waals surface area contributed by atoms with Crippen molar-refractivity contribution in [1.82, 2.24) is 9.88 Å². The van der Waals surface area contributed by atoms with Crippen molar-refractivity contribution in [1.29, 1.82) is 0 Å². The molecule has 86 valence electrons. The lowest BCUT2D eigenvalue weighted by Crippen LogP contribution is -2.39. The van der Waals surface area contributed by atoms with Gasteiger partial charge in [0.15, 0.2) is 0 Å². The van der Waals surface area contributed by atoms with E-state index < -0.39 is 0 Å². The van der Waals surface area contributed by atoms with Crippen LogP contribution in [0.5, 0.6) is 0 Å². The highest BCUT2D eigenvalue weighted by molar-refractivity contribution is 9.10. The average Bonchev–Trinajstić information content (AvgIpc) is 2.29. The molecule has 0 radical (unpaired) electrons. The summed E-state index contributed by atoms with van der Waals surface area (Å²) >= 11 is 3.37. The number of aromatic nitrogens is 1. The molecule has 1 aromatic heterocycles. The summed E-state index contributed by atoms with van der Waals surface area (Å²) in [5, 5.41) is 0. The van der Waals surface area contributed by atoms with E-state index in [1.54, 1.807) is 18.5 Å². The van der Waals surface area contributed by atoms with E-state index in [0.717, 1.165) is 24.0 Å². The van der Waals surface area contributed by atoms with Gasteiger partial charge < -0.3 is 4.90 Å². The summed E-state index contributed by atoms with van der Waals surface area (Å²) in [5.41, 5.74) is 0.712. The number of hydrogen-bond acceptors (Lipinski definition) is 2. The summed E-state index contributed by atoms with van der Waals surface area (Å²) in [6.45, 7) is 3.94. The molecule has 0 spiro atoms. The van der Waals surface area contributed by atoms with Gasteiger partial charge in [0, 0.05) is 30.0 Å². The first-order valence-corrected chi connectivity index (χ1v) is 6.36. The number of likely N-dealkylation sites (tertiary alicyclic amines) is 1. The zero-order valence-corrected chi connectivity index (χ0v) is 10.9. The van der Waals surface area contributed by atoms with Gasteiger partial charge in [0.25, 0.3) is 5.91 Å². The minimum Gasteiger partial charge on any atom is -0.338 e. The molecule has 1 atom stereocenters. The number of carbonyl (C=O) groups is 1. The van der Waals surface area contributed by atoms with Gasteiger partial charge in [0.05, 0.1) is 5.56 Å². The Labute approximate surface area is 104 Å². The van der Waals surface area contributed by atoms with Gasteiger partial charge in [-0.25, -0.2) is 0 Å². The molecular formula is C12H15BrN2O. The van der Waals surface area contributed by atoms with E-state index in [2.05, 4.69) is 27.8 Å². The fourth-order valence-corrected chi connectivity index (χ4v) is 2.51. The minimum absolute atomic E-state index is 0.112. The molecule has 1 saturated heterocycles. The molecule has 0 N–H and O–H groups in total. The molecule has 1 aliphatic heterocycles. The molecule has 0 saturated carbocycles. The van der Waals surface area contributed by atoms with Crippen molar-refractivity contribution >= 4 is 21.8 Å². The maximum absolute atomic E-state index is 12.2. The van der Waals surface area contributed by atoms with Gasteiger partial charge in [-0.15, -0.1) is 0 Å². The third-order valence-corrected chi connectivity index (χ3v) is 3.58. The summed E-state index contributed by atoms with van der Waals surface area (Å²) in [4.78, 5) is 18.1. The van der Waals surface area contributed by atoms with Crippen LogP contribution in [0.3, 0.4) is 0 Å². The number of halogens is 1. The zero-order valence-electron chi connectivity index (χ0n) is 9.32. The van der Waals surface area contributed by atoms with E-state index in [-0.39, 0.29) is 5.91 Å². The van der Waals surface area contributed by atoms with Crippen LogP contribution in [-0.4, -0.2) is 28.9 Å².